The van der Waals surface area contributed by atoms with E-state index in [1.807, 2.05) is 68.4 Å². The molecule has 0 aliphatic rings. The van der Waals surface area contributed by atoms with Crippen LogP contribution < -0.4 is 9.62 Å². The van der Waals surface area contributed by atoms with Gasteiger partial charge < -0.3 is 10.2 Å². The Labute approximate surface area is 277 Å². The summed E-state index contributed by atoms with van der Waals surface area (Å²) in [6.07, 6.45) is 0.213. The van der Waals surface area contributed by atoms with Gasteiger partial charge in [-0.15, -0.1) is 0 Å². The van der Waals surface area contributed by atoms with Gasteiger partial charge in [-0.2, -0.15) is 0 Å². The van der Waals surface area contributed by atoms with Crippen LogP contribution in [0.4, 0.5) is 5.69 Å². The van der Waals surface area contributed by atoms with Gasteiger partial charge in [0.2, 0.25) is 11.8 Å². The second kappa shape index (κ2) is 15.1. The molecule has 4 rings (SSSR count). The van der Waals surface area contributed by atoms with Crippen LogP contribution in [0.3, 0.4) is 0 Å². The highest BCUT2D eigenvalue weighted by Gasteiger charge is 2.35. The maximum absolute atomic E-state index is 14.4. The van der Waals surface area contributed by atoms with Crippen LogP contribution in [0.1, 0.15) is 25.0 Å². The largest absolute Gasteiger partial charge is 0.352 e. The van der Waals surface area contributed by atoms with Crippen molar-refractivity contribution in [3.05, 3.63) is 129 Å². The molecule has 0 bridgehead atoms. The molecule has 1 N–H and O–H groups in total. The lowest BCUT2D eigenvalue weighted by molar-refractivity contribution is -0.140. The molecule has 0 spiro atoms. The van der Waals surface area contributed by atoms with Crippen LogP contribution >= 0.6 is 39.1 Å². The highest BCUT2D eigenvalue weighted by Crippen LogP contribution is 2.33. The van der Waals surface area contributed by atoms with Crippen molar-refractivity contribution in [3.8, 4) is 0 Å². The quantitative estimate of drug-likeness (QED) is 0.169. The summed E-state index contributed by atoms with van der Waals surface area (Å²) < 4.78 is 29.9. The molecule has 0 saturated carbocycles. The predicted molar refractivity (Wildman–Crippen MR) is 179 cm³/mol. The molecule has 7 nitrogen and oxygen atoms in total. The number of nitrogens with one attached hydrogen (secondary N) is 1. The number of anilines is 1. The fourth-order valence-corrected chi connectivity index (χ4v) is 6.78. The third-order valence-electron chi connectivity index (χ3n) is 6.76. The third kappa shape index (κ3) is 8.63. The summed E-state index contributed by atoms with van der Waals surface area (Å²) >= 11 is 16.2. The Balaban J connectivity index is 1.82. The highest BCUT2D eigenvalue weighted by atomic mass is 79.9. The third-order valence-corrected chi connectivity index (χ3v) is 9.61. The summed E-state index contributed by atoms with van der Waals surface area (Å²) in [5.74, 6) is -0.948. The lowest BCUT2D eigenvalue weighted by Gasteiger charge is -2.34. The normalized spacial score (nSPS) is 12.0. The number of nitrogens with zero attached hydrogens (tertiary/aromatic N) is 2. The number of carbonyl (C=O) groups is 2. The number of amides is 2. The van der Waals surface area contributed by atoms with Crippen molar-refractivity contribution in [1.29, 1.82) is 0 Å². The molecule has 0 unspecified atom stereocenters. The minimum atomic E-state index is -4.29. The maximum Gasteiger partial charge on any atom is 0.264 e. The van der Waals surface area contributed by atoms with Gasteiger partial charge in [0.25, 0.3) is 10.0 Å². The van der Waals surface area contributed by atoms with E-state index in [0.29, 0.717) is 0 Å². The van der Waals surface area contributed by atoms with E-state index in [4.69, 9.17) is 23.2 Å². The SMILES string of the molecule is CC(C)NC(=O)[C@@H](Cc1ccccc1)N(Cc1ccc(Br)cc1)C(=O)CN(c1cc(Cl)ccc1Cl)S(=O)(=O)c1ccccc1. The second-order valence-electron chi connectivity index (χ2n) is 10.4. The van der Waals surface area contributed by atoms with Crippen molar-refractivity contribution in [3.63, 3.8) is 0 Å². The summed E-state index contributed by atoms with van der Waals surface area (Å²) in [6.45, 7) is 3.10. The number of halogens is 3. The predicted octanol–water partition coefficient (Wildman–Crippen LogP) is 7.12. The Hall–Kier alpha value is -3.37. The first-order valence-electron chi connectivity index (χ1n) is 13.9. The molecule has 0 aliphatic heterocycles. The van der Waals surface area contributed by atoms with Gasteiger partial charge in [0, 0.05) is 28.5 Å². The molecule has 4 aromatic carbocycles. The average Bonchev–Trinajstić information content (AvgIpc) is 3.00. The minimum absolute atomic E-state index is 0.0262. The molecule has 0 saturated heterocycles. The Morgan fingerprint density at radius 3 is 2.07 bits per heavy atom. The molecule has 2 amide bonds. The number of hydrogen-bond acceptors (Lipinski definition) is 4. The van der Waals surface area contributed by atoms with Crippen molar-refractivity contribution in [1.82, 2.24) is 10.2 Å². The van der Waals surface area contributed by atoms with Crippen LogP contribution in [0, 0.1) is 0 Å². The smallest absolute Gasteiger partial charge is 0.264 e. The van der Waals surface area contributed by atoms with E-state index in [1.165, 1.54) is 35.2 Å². The molecule has 1 atom stereocenters. The molecule has 4 aromatic rings. The van der Waals surface area contributed by atoms with E-state index in [1.54, 1.807) is 18.2 Å². The first kappa shape index (κ1) is 33.5. The number of benzene rings is 4. The second-order valence-corrected chi connectivity index (χ2v) is 14.1. The molecule has 0 aliphatic carbocycles. The molecule has 0 aromatic heterocycles. The number of carbonyl (C=O) groups excluding carboxylic acids is 2. The van der Waals surface area contributed by atoms with Crippen LogP contribution in [-0.2, 0) is 32.6 Å². The fourth-order valence-electron chi connectivity index (χ4n) is 4.63. The van der Waals surface area contributed by atoms with Gasteiger partial charge in [-0.05, 0) is 67.4 Å². The van der Waals surface area contributed by atoms with Gasteiger partial charge >= 0.3 is 0 Å². The Kier molecular flexibility index (Phi) is 11.5. The molecule has 44 heavy (non-hydrogen) atoms. The van der Waals surface area contributed by atoms with E-state index in [9.17, 15) is 18.0 Å². The van der Waals surface area contributed by atoms with Gasteiger partial charge in [0.05, 0.1) is 15.6 Å². The monoisotopic (exact) mass is 715 g/mol. The fraction of sp³-hybridized carbons (Fsp3) is 0.212. The Morgan fingerprint density at radius 2 is 1.45 bits per heavy atom. The Bertz CT molecular complexity index is 1690. The Morgan fingerprint density at radius 1 is 0.841 bits per heavy atom. The van der Waals surface area contributed by atoms with E-state index >= 15 is 0 Å². The number of rotatable bonds is 12. The molecule has 0 heterocycles. The zero-order chi connectivity index (χ0) is 31.9. The van der Waals surface area contributed by atoms with E-state index in [-0.39, 0.29) is 45.5 Å². The minimum Gasteiger partial charge on any atom is -0.352 e. The zero-order valence-corrected chi connectivity index (χ0v) is 28.1. The van der Waals surface area contributed by atoms with Crippen molar-refractivity contribution in [2.45, 2.75) is 43.8 Å². The standard InChI is InChI=1S/C33H32BrCl2N3O4S/c1-23(2)37-33(41)31(19-24-9-5-3-6-10-24)38(21-25-13-15-26(34)16-14-25)32(40)22-39(30-20-27(35)17-18-29(30)36)44(42,43)28-11-7-4-8-12-28/h3-18,20,23,31H,19,21-22H2,1-2H3,(H,37,41)/t31-/m1/s1. The number of sulfonamides is 1. The lowest BCUT2D eigenvalue weighted by Crippen LogP contribution is -2.54. The van der Waals surface area contributed by atoms with Crippen LogP contribution in [-0.4, -0.2) is 43.8 Å². The van der Waals surface area contributed by atoms with Crippen molar-refractivity contribution in [2.75, 3.05) is 10.8 Å². The molecule has 11 heteroatoms. The molecule has 0 fully saturated rings. The van der Waals surface area contributed by atoms with E-state index in [0.717, 1.165) is 19.9 Å². The lowest BCUT2D eigenvalue weighted by atomic mass is 10.0. The number of hydrogen-bond donors (Lipinski definition) is 1. The summed E-state index contributed by atoms with van der Waals surface area (Å²) in [5.41, 5.74) is 1.65. The summed E-state index contributed by atoms with van der Waals surface area (Å²) in [6, 6.07) is 27.8. The molecule has 230 valence electrons. The van der Waals surface area contributed by atoms with Gasteiger partial charge in [-0.3, -0.25) is 13.9 Å². The first-order chi connectivity index (χ1) is 21.0. The van der Waals surface area contributed by atoms with Crippen molar-refractivity contribution < 1.29 is 18.0 Å². The van der Waals surface area contributed by atoms with Gasteiger partial charge in [0.15, 0.2) is 0 Å². The maximum atomic E-state index is 14.4. The van der Waals surface area contributed by atoms with E-state index < -0.39 is 28.5 Å². The van der Waals surface area contributed by atoms with Crippen LogP contribution in [0.5, 0.6) is 0 Å². The van der Waals surface area contributed by atoms with Gasteiger partial charge in [0.1, 0.15) is 12.6 Å². The van der Waals surface area contributed by atoms with Crippen molar-refractivity contribution in [2.24, 2.45) is 0 Å². The first-order valence-corrected chi connectivity index (χ1v) is 16.9. The molecular weight excluding hydrogens is 685 g/mol. The topological polar surface area (TPSA) is 86.8 Å². The van der Waals surface area contributed by atoms with Gasteiger partial charge in [-0.25, -0.2) is 8.42 Å². The summed E-state index contributed by atoms with van der Waals surface area (Å²) in [7, 11) is -4.29. The summed E-state index contributed by atoms with van der Waals surface area (Å²) in [4.78, 5) is 29.6. The van der Waals surface area contributed by atoms with Crippen LogP contribution in [0.15, 0.2) is 112 Å². The van der Waals surface area contributed by atoms with Gasteiger partial charge in [-0.1, -0.05) is 99.8 Å². The molecule has 0 radical (unpaired) electrons. The summed E-state index contributed by atoms with van der Waals surface area (Å²) in [5, 5.41) is 3.28. The zero-order valence-electron chi connectivity index (χ0n) is 24.2. The average molecular weight is 718 g/mol. The molecular formula is C33H32BrCl2N3O4S. The van der Waals surface area contributed by atoms with E-state index in [2.05, 4.69) is 21.2 Å². The highest BCUT2D eigenvalue weighted by molar-refractivity contribution is 9.10. The van der Waals surface area contributed by atoms with Crippen LogP contribution in [0.25, 0.3) is 0 Å². The van der Waals surface area contributed by atoms with Crippen molar-refractivity contribution >= 4 is 66.7 Å². The van der Waals surface area contributed by atoms with Crippen LogP contribution in [0.2, 0.25) is 10.0 Å².